The largest absolute Gasteiger partial charge is 0.497 e. The van der Waals surface area contributed by atoms with Crippen LogP contribution in [0.2, 0.25) is 10.0 Å². The lowest BCUT2D eigenvalue weighted by Gasteiger charge is -2.31. The number of ether oxygens (including phenoxy) is 1. The van der Waals surface area contributed by atoms with E-state index < -0.39 is 28.5 Å². The molecular formula is C24H31Cl2N3O5S. The van der Waals surface area contributed by atoms with E-state index in [1.54, 1.807) is 43.3 Å². The van der Waals surface area contributed by atoms with Crippen LogP contribution >= 0.6 is 23.2 Å². The SMILES string of the molecule is COc1cccc(N(CC(=O)N(Cc2ccc(Cl)c(Cl)c2)[C@@H](C)C(=O)NCC(C)C)S(C)(=O)=O)c1. The summed E-state index contributed by atoms with van der Waals surface area (Å²) in [6.07, 6.45) is 1.02. The molecule has 0 fully saturated rings. The normalized spacial score (nSPS) is 12.2. The lowest BCUT2D eigenvalue weighted by molar-refractivity contribution is -0.139. The van der Waals surface area contributed by atoms with Gasteiger partial charge >= 0.3 is 0 Å². The molecule has 1 N–H and O–H groups in total. The molecule has 2 aromatic rings. The second-order valence-electron chi connectivity index (χ2n) is 8.56. The third-order valence-corrected chi connectivity index (χ3v) is 7.09. The van der Waals surface area contributed by atoms with E-state index in [4.69, 9.17) is 27.9 Å². The smallest absolute Gasteiger partial charge is 0.244 e. The Hall–Kier alpha value is -2.49. The van der Waals surface area contributed by atoms with Crippen molar-refractivity contribution in [3.63, 3.8) is 0 Å². The average molecular weight is 545 g/mol. The van der Waals surface area contributed by atoms with Gasteiger partial charge in [-0.15, -0.1) is 0 Å². The Balaban J connectivity index is 2.40. The monoisotopic (exact) mass is 543 g/mol. The van der Waals surface area contributed by atoms with Crippen molar-refractivity contribution in [2.24, 2.45) is 5.92 Å². The van der Waals surface area contributed by atoms with Crippen LogP contribution in [0.1, 0.15) is 26.3 Å². The van der Waals surface area contributed by atoms with Crippen molar-refractivity contribution >= 4 is 50.7 Å². The van der Waals surface area contributed by atoms with Gasteiger partial charge in [-0.25, -0.2) is 8.42 Å². The molecular weight excluding hydrogens is 513 g/mol. The molecule has 0 spiro atoms. The van der Waals surface area contributed by atoms with E-state index in [2.05, 4.69) is 5.32 Å². The topological polar surface area (TPSA) is 96.0 Å². The molecule has 8 nitrogen and oxygen atoms in total. The molecule has 11 heteroatoms. The van der Waals surface area contributed by atoms with E-state index >= 15 is 0 Å². The number of anilines is 1. The zero-order valence-electron chi connectivity index (χ0n) is 20.4. The van der Waals surface area contributed by atoms with Crippen molar-refractivity contribution in [1.29, 1.82) is 0 Å². The zero-order chi connectivity index (χ0) is 26.3. The van der Waals surface area contributed by atoms with E-state index in [0.717, 1.165) is 10.6 Å². The van der Waals surface area contributed by atoms with E-state index in [1.807, 2.05) is 13.8 Å². The summed E-state index contributed by atoms with van der Waals surface area (Å²) in [5.74, 6) is -0.243. The second kappa shape index (κ2) is 12.5. The van der Waals surface area contributed by atoms with Crippen LogP contribution < -0.4 is 14.4 Å². The summed E-state index contributed by atoms with van der Waals surface area (Å²) >= 11 is 12.2. The third kappa shape index (κ3) is 8.30. The fourth-order valence-corrected chi connectivity index (χ4v) is 4.41. The number of hydrogen-bond acceptors (Lipinski definition) is 5. The van der Waals surface area contributed by atoms with Crippen LogP contribution in [0.15, 0.2) is 42.5 Å². The lowest BCUT2D eigenvalue weighted by atomic mass is 10.1. The minimum Gasteiger partial charge on any atom is -0.497 e. The summed E-state index contributed by atoms with van der Waals surface area (Å²) in [5.41, 5.74) is 0.912. The molecule has 192 valence electrons. The maximum absolute atomic E-state index is 13.5. The molecule has 2 amide bonds. The molecule has 0 aliphatic rings. The van der Waals surface area contributed by atoms with Gasteiger partial charge in [0.25, 0.3) is 0 Å². The van der Waals surface area contributed by atoms with Gasteiger partial charge in [0.05, 0.1) is 29.1 Å². The number of halogens is 2. The van der Waals surface area contributed by atoms with Gasteiger partial charge in [-0.3, -0.25) is 13.9 Å². The summed E-state index contributed by atoms with van der Waals surface area (Å²) < 4.78 is 31.4. The van der Waals surface area contributed by atoms with E-state index in [9.17, 15) is 18.0 Å². The highest BCUT2D eigenvalue weighted by atomic mass is 35.5. The molecule has 0 saturated carbocycles. The van der Waals surface area contributed by atoms with Crippen LogP contribution in [-0.4, -0.2) is 57.6 Å². The molecule has 0 aliphatic heterocycles. The fourth-order valence-electron chi connectivity index (χ4n) is 3.25. The van der Waals surface area contributed by atoms with Gasteiger partial charge in [-0.05, 0) is 42.7 Å². The van der Waals surface area contributed by atoms with Crippen LogP contribution in [0.3, 0.4) is 0 Å². The van der Waals surface area contributed by atoms with Crippen LogP contribution in [0.5, 0.6) is 5.75 Å². The molecule has 0 aromatic heterocycles. The number of carbonyl (C=O) groups is 2. The highest BCUT2D eigenvalue weighted by Gasteiger charge is 2.30. The minimum atomic E-state index is -3.83. The van der Waals surface area contributed by atoms with Gasteiger partial charge in [-0.2, -0.15) is 0 Å². The Morgan fingerprint density at radius 2 is 1.74 bits per heavy atom. The third-order valence-electron chi connectivity index (χ3n) is 5.21. The van der Waals surface area contributed by atoms with Crippen molar-refractivity contribution in [2.75, 3.05) is 30.8 Å². The first-order valence-corrected chi connectivity index (χ1v) is 13.6. The number of hydrogen-bond donors (Lipinski definition) is 1. The molecule has 2 aromatic carbocycles. The number of methoxy groups -OCH3 is 1. The average Bonchev–Trinajstić information content (AvgIpc) is 2.80. The Kier molecular flexibility index (Phi) is 10.2. The van der Waals surface area contributed by atoms with E-state index in [0.29, 0.717) is 27.9 Å². The molecule has 0 aliphatic carbocycles. The predicted molar refractivity (Wildman–Crippen MR) is 140 cm³/mol. The Labute approximate surface area is 217 Å². The quantitative estimate of drug-likeness (QED) is 0.462. The lowest BCUT2D eigenvalue weighted by Crippen LogP contribution is -2.51. The summed E-state index contributed by atoms with van der Waals surface area (Å²) in [6, 6.07) is 10.4. The number of nitrogens with zero attached hydrogens (tertiary/aromatic N) is 2. The van der Waals surface area contributed by atoms with Crippen LogP contribution in [0, 0.1) is 5.92 Å². The van der Waals surface area contributed by atoms with Crippen molar-refractivity contribution in [3.05, 3.63) is 58.1 Å². The van der Waals surface area contributed by atoms with Gasteiger partial charge in [-0.1, -0.05) is 49.2 Å². The standard InChI is InChI=1S/C24H31Cl2N3O5S/c1-16(2)13-27-24(31)17(3)28(14-18-9-10-21(25)22(26)11-18)23(30)15-29(35(5,32)33)19-7-6-8-20(12-19)34-4/h6-12,16-17H,13-15H2,1-5H3,(H,27,31)/t17-/m0/s1. The van der Waals surface area contributed by atoms with Crippen LogP contribution in [-0.2, 0) is 26.2 Å². The summed E-state index contributed by atoms with van der Waals surface area (Å²) in [5, 5.41) is 3.49. The van der Waals surface area contributed by atoms with Crippen LogP contribution in [0.4, 0.5) is 5.69 Å². The summed E-state index contributed by atoms with van der Waals surface area (Å²) in [6.45, 7) is 5.49. The Morgan fingerprint density at radius 3 is 2.31 bits per heavy atom. The van der Waals surface area contributed by atoms with Gasteiger partial charge < -0.3 is 15.0 Å². The van der Waals surface area contributed by atoms with Gasteiger partial charge in [0, 0.05) is 19.2 Å². The number of rotatable bonds is 11. The van der Waals surface area contributed by atoms with Gasteiger partial charge in [0.1, 0.15) is 18.3 Å². The molecule has 0 radical (unpaired) electrons. The molecule has 0 heterocycles. The fraction of sp³-hybridized carbons (Fsp3) is 0.417. The van der Waals surface area contributed by atoms with Gasteiger partial charge in [0.2, 0.25) is 21.8 Å². The first-order valence-electron chi connectivity index (χ1n) is 11.0. The molecule has 0 bridgehead atoms. The number of amides is 2. The van der Waals surface area contributed by atoms with Crippen molar-refractivity contribution < 1.29 is 22.7 Å². The number of nitrogens with one attached hydrogen (secondary N) is 1. The predicted octanol–water partition coefficient (Wildman–Crippen LogP) is 3.96. The minimum absolute atomic E-state index is 0.0295. The highest BCUT2D eigenvalue weighted by Crippen LogP contribution is 2.25. The number of benzene rings is 2. The van der Waals surface area contributed by atoms with Gasteiger partial charge in [0.15, 0.2) is 0 Å². The molecule has 1 atom stereocenters. The number of carbonyl (C=O) groups excluding carboxylic acids is 2. The van der Waals surface area contributed by atoms with Crippen LogP contribution in [0.25, 0.3) is 0 Å². The molecule has 2 rings (SSSR count). The maximum Gasteiger partial charge on any atom is 0.244 e. The van der Waals surface area contributed by atoms with Crippen molar-refractivity contribution in [2.45, 2.75) is 33.4 Å². The first kappa shape index (κ1) is 28.7. The summed E-state index contributed by atoms with van der Waals surface area (Å²) in [7, 11) is -2.37. The molecule has 0 unspecified atom stereocenters. The van der Waals surface area contributed by atoms with Crippen molar-refractivity contribution in [3.8, 4) is 5.75 Å². The maximum atomic E-state index is 13.5. The summed E-state index contributed by atoms with van der Waals surface area (Å²) in [4.78, 5) is 27.7. The molecule has 0 saturated heterocycles. The molecule has 35 heavy (non-hydrogen) atoms. The second-order valence-corrected chi connectivity index (χ2v) is 11.3. The van der Waals surface area contributed by atoms with Crippen molar-refractivity contribution in [1.82, 2.24) is 10.2 Å². The van der Waals surface area contributed by atoms with E-state index in [1.165, 1.54) is 18.1 Å². The Bertz CT molecular complexity index is 1160. The number of sulfonamides is 1. The first-order chi connectivity index (χ1) is 16.3. The highest BCUT2D eigenvalue weighted by molar-refractivity contribution is 7.92. The van der Waals surface area contributed by atoms with E-state index in [-0.39, 0.29) is 24.1 Å². The Morgan fingerprint density at radius 1 is 1.06 bits per heavy atom. The zero-order valence-corrected chi connectivity index (χ0v) is 22.7.